The Labute approximate surface area is 168 Å². The number of piperazine rings is 1. The number of halogens is 1. The van der Waals surface area contributed by atoms with Crippen molar-refractivity contribution in [2.45, 2.75) is 13.0 Å². The van der Waals surface area contributed by atoms with Gasteiger partial charge in [-0.05, 0) is 41.1 Å². The van der Waals surface area contributed by atoms with Gasteiger partial charge in [0, 0.05) is 57.0 Å². The van der Waals surface area contributed by atoms with E-state index < -0.39 is 0 Å². The predicted molar refractivity (Wildman–Crippen MR) is 112 cm³/mol. The molecule has 1 aliphatic heterocycles. The first-order valence-corrected chi connectivity index (χ1v) is 9.84. The summed E-state index contributed by atoms with van der Waals surface area (Å²) in [5.74, 6) is 0.653. The molecular formula is C19H26BrN5O2. The predicted octanol–water partition coefficient (Wildman–Crippen LogP) is 2.44. The van der Waals surface area contributed by atoms with Crippen LogP contribution in [0.15, 0.2) is 39.9 Å². The van der Waals surface area contributed by atoms with E-state index >= 15 is 0 Å². The van der Waals surface area contributed by atoms with Gasteiger partial charge >= 0.3 is 0 Å². The Bertz CT molecular complexity index is 824. The van der Waals surface area contributed by atoms with Gasteiger partial charge in [0.2, 0.25) is 0 Å². The van der Waals surface area contributed by atoms with Crippen LogP contribution in [-0.2, 0) is 11.8 Å². The average molecular weight is 436 g/mol. The molecule has 1 aliphatic rings. The maximum atomic E-state index is 12.2. The van der Waals surface area contributed by atoms with Gasteiger partial charge in [-0.25, -0.2) is 4.98 Å². The zero-order valence-corrected chi connectivity index (χ0v) is 17.6. The minimum absolute atomic E-state index is 0.0927. The smallest absolute Gasteiger partial charge is 0.274 e. The number of hydrogen-bond acceptors (Lipinski definition) is 6. The number of anilines is 3. The van der Waals surface area contributed by atoms with Crippen molar-refractivity contribution in [3.63, 3.8) is 0 Å². The van der Waals surface area contributed by atoms with E-state index in [2.05, 4.69) is 49.0 Å². The van der Waals surface area contributed by atoms with Crippen LogP contribution in [0.1, 0.15) is 6.92 Å². The standard InChI is InChI=1S/C19H26BrN5O2/c1-14-12-24(8-9-27-3)6-7-25(14)16-4-5-18(21-11-16)22-17-10-15(20)13-23(2)19(17)26/h4-5,10-11,13-14H,6-9,12H2,1-3H3,(H,21,22)/t14-/m0/s1. The number of methoxy groups -OCH3 is 1. The van der Waals surface area contributed by atoms with Crippen molar-refractivity contribution in [1.82, 2.24) is 14.5 Å². The largest absolute Gasteiger partial charge is 0.383 e. The van der Waals surface area contributed by atoms with Gasteiger partial charge in [-0.2, -0.15) is 0 Å². The molecule has 3 heterocycles. The van der Waals surface area contributed by atoms with Gasteiger partial charge in [-0.3, -0.25) is 9.69 Å². The summed E-state index contributed by atoms with van der Waals surface area (Å²) in [6.45, 7) is 6.96. The molecule has 3 rings (SSSR count). The Kier molecular flexibility index (Phi) is 6.51. The highest BCUT2D eigenvalue weighted by Crippen LogP contribution is 2.22. The second-order valence-corrected chi connectivity index (χ2v) is 7.77. The molecule has 0 radical (unpaired) electrons. The Balaban J connectivity index is 1.67. The highest BCUT2D eigenvalue weighted by Gasteiger charge is 2.23. The van der Waals surface area contributed by atoms with Crippen LogP contribution < -0.4 is 15.8 Å². The maximum absolute atomic E-state index is 12.2. The fraction of sp³-hybridized carbons (Fsp3) is 0.474. The summed E-state index contributed by atoms with van der Waals surface area (Å²) in [5.41, 5.74) is 1.50. The summed E-state index contributed by atoms with van der Waals surface area (Å²) in [6.07, 6.45) is 3.60. The van der Waals surface area contributed by atoms with E-state index in [9.17, 15) is 4.79 Å². The van der Waals surface area contributed by atoms with Crippen LogP contribution in [-0.4, -0.2) is 60.4 Å². The molecule has 0 aliphatic carbocycles. The first-order chi connectivity index (χ1) is 13.0. The Morgan fingerprint density at radius 2 is 2.19 bits per heavy atom. The first-order valence-electron chi connectivity index (χ1n) is 9.05. The molecule has 0 aromatic carbocycles. The molecule has 2 aromatic rings. The van der Waals surface area contributed by atoms with Crippen LogP contribution in [0.5, 0.6) is 0 Å². The van der Waals surface area contributed by atoms with E-state index in [1.54, 1.807) is 26.4 Å². The highest BCUT2D eigenvalue weighted by molar-refractivity contribution is 9.10. The lowest BCUT2D eigenvalue weighted by Crippen LogP contribution is -2.52. The summed E-state index contributed by atoms with van der Waals surface area (Å²) in [4.78, 5) is 21.5. The SMILES string of the molecule is COCCN1CCN(c2ccc(Nc3cc(Br)cn(C)c3=O)nc2)[C@@H](C)C1. The molecule has 0 unspecified atom stereocenters. The van der Waals surface area contributed by atoms with Gasteiger partial charge in [-0.15, -0.1) is 0 Å². The van der Waals surface area contributed by atoms with Crippen LogP contribution in [0.3, 0.4) is 0 Å². The van der Waals surface area contributed by atoms with Gasteiger partial charge in [0.05, 0.1) is 18.5 Å². The Hall–Kier alpha value is -1.90. The van der Waals surface area contributed by atoms with E-state index in [0.29, 0.717) is 17.5 Å². The van der Waals surface area contributed by atoms with E-state index in [1.807, 2.05) is 12.3 Å². The van der Waals surface area contributed by atoms with E-state index in [1.165, 1.54) is 4.57 Å². The molecule has 1 atom stereocenters. The molecular weight excluding hydrogens is 410 g/mol. The lowest BCUT2D eigenvalue weighted by Gasteiger charge is -2.41. The van der Waals surface area contributed by atoms with Crippen LogP contribution in [0, 0.1) is 0 Å². The number of rotatable bonds is 6. The van der Waals surface area contributed by atoms with Crippen LogP contribution in [0.2, 0.25) is 0 Å². The van der Waals surface area contributed by atoms with Crippen LogP contribution in [0.25, 0.3) is 0 Å². The van der Waals surface area contributed by atoms with Crippen molar-refractivity contribution in [3.8, 4) is 0 Å². The molecule has 2 aromatic heterocycles. The quantitative estimate of drug-likeness (QED) is 0.751. The molecule has 146 valence electrons. The molecule has 27 heavy (non-hydrogen) atoms. The van der Waals surface area contributed by atoms with E-state index in [4.69, 9.17) is 4.74 Å². The van der Waals surface area contributed by atoms with Crippen molar-refractivity contribution in [1.29, 1.82) is 0 Å². The van der Waals surface area contributed by atoms with Crippen molar-refractivity contribution in [3.05, 3.63) is 45.4 Å². The van der Waals surface area contributed by atoms with Gasteiger partial charge in [0.15, 0.2) is 0 Å². The summed E-state index contributed by atoms with van der Waals surface area (Å²) in [6, 6.07) is 6.14. The summed E-state index contributed by atoms with van der Waals surface area (Å²) >= 11 is 3.41. The zero-order valence-electron chi connectivity index (χ0n) is 16.0. The van der Waals surface area contributed by atoms with E-state index in [-0.39, 0.29) is 5.56 Å². The summed E-state index contributed by atoms with van der Waals surface area (Å²) < 4.78 is 7.55. The Morgan fingerprint density at radius 1 is 1.37 bits per heavy atom. The normalized spacial score (nSPS) is 17.9. The number of hydrogen-bond donors (Lipinski definition) is 1. The van der Waals surface area contributed by atoms with Crippen molar-refractivity contribution in [2.24, 2.45) is 7.05 Å². The van der Waals surface area contributed by atoms with Crippen LogP contribution in [0.4, 0.5) is 17.2 Å². The second kappa shape index (κ2) is 8.86. The lowest BCUT2D eigenvalue weighted by atomic mass is 10.1. The topological polar surface area (TPSA) is 62.6 Å². The third-order valence-corrected chi connectivity index (χ3v) is 5.25. The fourth-order valence-electron chi connectivity index (χ4n) is 3.37. The molecule has 0 amide bonds. The van der Waals surface area contributed by atoms with Crippen molar-refractivity contribution >= 4 is 33.1 Å². The summed E-state index contributed by atoms with van der Waals surface area (Å²) in [5, 5.41) is 3.11. The average Bonchev–Trinajstić information content (AvgIpc) is 2.65. The third kappa shape index (κ3) is 4.88. The summed E-state index contributed by atoms with van der Waals surface area (Å²) in [7, 11) is 3.47. The van der Waals surface area contributed by atoms with Crippen LogP contribution >= 0.6 is 15.9 Å². The fourth-order valence-corrected chi connectivity index (χ4v) is 3.90. The number of aryl methyl sites for hydroxylation is 1. The minimum Gasteiger partial charge on any atom is -0.383 e. The molecule has 0 bridgehead atoms. The third-order valence-electron chi connectivity index (χ3n) is 4.82. The second-order valence-electron chi connectivity index (χ2n) is 6.85. The Morgan fingerprint density at radius 3 is 2.85 bits per heavy atom. The molecule has 1 N–H and O–H groups in total. The molecule has 0 spiro atoms. The molecule has 7 nitrogen and oxygen atoms in total. The van der Waals surface area contributed by atoms with Gasteiger partial charge in [0.25, 0.3) is 5.56 Å². The first kappa shape index (κ1) is 19.9. The lowest BCUT2D eigenvalue weighted by molar-refractivity contribution is 0.136. The van der Waals surface area contributed by atoms with Gasteiger partial charge in [-0.1, -0.05) is 0 Å². The monoisotopic (exact) mass is 435 g/mol. The van der Waals surface area contributed by atoms with Crippen molar-refractivity contribution in [2.75, 3.05) is 50.1 Å². The minimum atomic E-state index is -0.0927. The number of aromatic nitrogens is 2. The van der Waals surface area contributed by atoms with E-state index in [0.717, 1.165) is 42.9 Å². The highest BCUT2D eigenvalue weighted by atomic mass is 79.9. The van der Waals surface area contributed by atoms with Crippen molar-refractivity contribution < 1.29 is 4.74 Å². The molecule has 1 saturated heterocycles. The maximum Gasteiger partial charge on any atom is 0.274 e. The number of ether oxygens (including phenoxy) is 1. The molecule has 0 saturated carbocycles. The number of pyridine rings is 2. The van der Waals surface area contributed by atoms with Gasteiger partial charge in [0.1, 0.15) is 11.5 Å². The molecule has 8 heteroatoms. The van der Waals surface area contributed by atoms with Gasteiger partial charge < -0.3 is 19.5 Å². The zero-order chi connectivity index (χ0) is 19.4. The number of nitrogens with one attached hydrogen (secondary N) is 1. The molecule has 1 fully saturated rings. The number of nitrogens with zero attached hydrogens (tertiary/aromatic N) is 4.